The molecule has 2 aromatic carbocycles. The number of hydrogen-bond donors (Lipinski definition) is 0. The molecule has 0 atom stereocenters. The molecule has 2 aromatic rings. The zero-order valence-corrected chi connectivity index (χ0v) is 17.2. The van der Waals surface area contributed by atoms with Crippen molar-refractivity contribution in [3.63, 3.8) is 0 Å². The van der Waals surface area contributed by atoms with Crippen molar-refractivity contribution < 1.29 is 18.2 Å². The highest BCUT2D eigenvalue weighted by Crippen LogP contribution is 2.51. The Morgan fingerprint density at radius 1 is 0.846 bits per heavy atom. The molecule has 0 heterocycles. The monoisotopic (exact) mass is 393 g/mol. The minimum absolute atomic E-state index is 0.172. The highest BCUT2D eigenvalue weighted by Gasteiger charge is 2.30. The van der Waals surface area contributed by atoms with Crippen LogP contribution in [0.5, 0.6) is 0 Å². The predicted octanol–water partition coefficient (Wildman–Crippen LogP) is 4.64. The van der Waals surface area contributed by atoms with E-state index in [9.17, 15) is 9.13 Å². The first-order valence-corrected chi connectivity index (χ1v) is 12.0. The molecular formula is C19H25NO4P2. The van der Waals surface area contributed by atoms with Crippen LogP contribution in [-0.2, 0) is 18.2 Å². The van der Waals surface area contributed by atoms with E-state index in [-0.39, 0.29) is 19.4 Å². The number of nitrogens with zero attached hydrogens (tertiary/aromatic N) is 1. The summed E-state index contributed by atoms with van der Waals surface area (Å²) in [6, 6.07) is 18.6. The van der Waals surface area contributed by atoms with Gasteiger partial charge in [-0.1, -0.05) is 60.7 Å². The number of rotatable bonds is 9. The summed E-state index contributed by atoms with van der Waals surface area (Å²) in [4.78, 5) is 0. The van der Waals surface area contributed by atoms with E-state index in [1.807, 2.05) is 60.7 Å². The van der Waals surface area contributed by atoms with Crippen LogP contribution in [0.2, 0.25) is 0 Å². The first kappa shape index (κ1) is 20.8. The van der Waals surface area contributed by atoms with Gasteiger partial charge in [0.05, 0.1) is 13.2 Å². The maximum absolute atomic E-state index is 14.0. The smallest absolute Gasteiger partial charge is 0.313 e. The fourth-order valence-electron chi connectivity index (χ4n) is 2.65. The molecule has 0 N–H and O–H groups in total. The molecule has 7 heteroatoms. The molecule has 0 saturated carbocycles. The summed E-state index contributed by atoms with van der Waals surface area (Å²) in [5.41, 5.74) is 0.478. The highest BCUT2D eigenvalue weighted by atomic mass is 31.2. The normalized spacial score (nSPS) is 13.0. The molecule has 0 aliphatic rings. The molecule has 2 rings (SSSR count). The lowest BCUT2D eigenvalue weighted by Crippen LogP contribution is -2.21. The highest BCUT2D eigenvalue weighted by molar-refractivity contribution is 7.79. The quantitative estimate of drug-likeness (QED) is 0.460. The van der Waals surface area contributed by atoms with E-state index in [1.165, 1.54) is 0 Å². The van der Waals surface area contributed by atoms with Gasteiger partial charge in [0.2, 0.25) is 0 Å². The Balaban J connectivity index is 2.44. The molecule has 0 spiro atoms. The van der Waals surface area contributed by atoms with Crippen molar-refractivity contribution in [2.45, 2.75) is 20.8 Å². The molecule has 0 fully saturated rings. The lowest BCUT2D eigenvalue weighted by Gasteiger charge is -2.20. The Bertz CT molecular complexity index is 768. The van der Waals surface area contributed by atoms with Crippen molar-refractivity contribution in [2.24, 2.45) is 4.76 Å². The minimum atomic E-state index is -3.58. The van der Waals surface area contributed by atoms with Gasteiger partial charge in [0, 0.05) is 22.5 Å². The van der Waals surface area contributed by atoms with Gasteiger partial charge in [0.15, 0.2) is 0 Å². The van der Waals surface area contributed by atoms with E-state index >= 15 is 0 Å². The Kier molecular flexibility index (Phi) is 7.55. The SMILES string of the molecule is CCOP(=O)(/N=C(\C)CP(=O)(c1ccccc1)c1ccccc1)OCC. The standard InChI is InChI=1S/C19H25NO4P2/c1-4-23-26(22,24-5-2)20-17(3)16-25(21,18-12-8-6-9-13-18)19-14-10-7-11-15-19/h6-15H,4-5,16H2,1-3H3/b20-17+. The van der Waals surface area contributed by atoms with Crippen molar-refractivity contribution in [1.82, 2.24) is 0 Å². The van der Waals surface area contributed by atoms with Crippen LogP contribution in [0.4, 0.5) is 0 Å². The zero-order valence-electron chi connectivity index (χ0n) is 15.4. The predicted molar refractivity (Wildman–Crippen MR) is 109 cm³/mol. The summed E-state index contributed by atoms with van der Waals surface area (Å²) in [5, 5.41) is 1.48. The van der Waals surface area contributed by atoms with Gasteiger partial charge in [0.1, 0.15) is 7.14 Å². The van der Waals surface area contributed by atoms with Crippen molar-refractivity contribution in [2.75, 3.05) is 19.4 Å². The van der Waals surface area contributed by atoms with E-state index in [0.29, 0.717) is 5.71 Å². The first-order valence-electron chi connectivity index (χ1n) is 8.58. The van der Waals surface area contributed by atoms with Crippen LogP contribution in [0.1, 0.15) is 20.8 Å². The zero-order chi connectivity index (χ0) is 19.0. The maximum Gasteiger partial charge on any atom is 0.453 e. The van der Waals surface area contributed by atoms with Gasteiger partial charge in [-0.15, -0.1) is 0 Å². The van der Waals surface area contributed by atoms with Gasteiger partial charge in [0.25, 0.3) is 0 Å². The summed E-state index contributed by atoms with van der Waals surface area (Å²) >= 11 is 0. The topological polar surface area (TPSA) is 65.0 Å². The van der Waals surface area contributed by atoms with E-state index in [2.05, 4.69) is 4.76 Å². The average Bonchev–Trinajstić information content (AvgIpc) is 2.63. The summed E-state index contributed by atoms with van der Waals surface area (Å²) < 4.78 is 41.3. The van der Waals surface area contributed by atoms with Crippen LogP contribution in [0.25, 0.3) is 0 Å². The summed E-state index contributed by atoms with van der Waals surface area (Å²) in [6.45, 7) is 5.63. The lowest BCUT2D eigenvalue weighted by molar-refractivity contribution is 0.221. The van der Waals surface area contributed by atoms with Gasteiger partial charge in [-0.25, -0.2) is 4.57 Å². The van der Waals surface area contributed by atoms with Crippen LogP contribution < -0.4 is 10.6 Å². The molecule has 140 valence electrons. The Morgan fingerprint density at radius 2 is 1.27 bits per heavy atom. The van der Waals surface area contributed by atoms with Crippen LogP contribution in [0.3, 0.4) is 0 Å². The van der Waals surface area contributed by atoms with Gasteiger partial charge in [-0.2, -0.15) is 4.76 Å². The molecule has 0 radical (unpaired) electrons. The molecular weight excluding hydrogens is 368 g/mol. The fourth-order valence-corrected chi connectivity index (χ4v) is 6.78. The molecule has 0 saturated heterocycles. The van der Waals surface area contributed by atoms with Crippen molar-refractivity contribution >= 4 is 31.2 Å². The molecule has 0 aliphatic carbocycles. The van der Waals surface area contributed by atoms with Crippen LogP contribution in [0, 0.1) is 0 Å². The van der Waals surface area contributed by atoms with Gasteiger partial charge in [-0.3, -0.25) is 9.05 Å². The van der Waals surface area contributed by atoms with Crippen LogP contribution >= 0.6 is 14.9 Å². The molecule has 0 bridgehead atoms. The Morgan fingerprint density at radius 3 is 1.65 bits per heavy atom. The van der Waals surface area contributed by atoms with Crippen LogP contribution in [-0.4, -0.2) is 25.1 Å². The summed E-state index contributed by atoms with van der Waals surface area (Å²) in [5.74, 6) is 0. The van der Waals surface area contributed by atoms with E-state index < -0.39 is 14.9 Å². The fraction of sp³-hybridized carbons (Fsp3) is 0.316. The van der Waals surface area contributed by atoms with Gasteiger partial charge >= 0.3 is 7.75 Å². The van der Waals surface area contributed by atoms with Gasteiger partial charge < -0.3 is 4.57 Å². The van der Waals surface area contributed by atoms with Crippen LogP contribution in [0.15, 0.2) is 65.4 Å². The lowest BCUT2D eigenvalue weighted by atomic mass is 10.4. The Hall–Kier alpha value is -1.51. The van der Waals surface area contributed by atoms with Gasteiger partial charge in [-0.05, 0) is 20.8 Å². The molecule has 0 aromatic heterocycles. The van der Waals surface area contributed by atoms with Crippen molar-refractivity contribution in [3.8, 4) is 0 Å². The molecule has 0 aliphatic heterocycles. The summed E-state index contributed by atoms with van der Waals surface area (Å²) in [6.07, 6.45) is 0.172. The third-order valence-corrected chi connectivity index (χ3v) is 8.60. The molecule has 0 amide bonds. The van der Waals surface area contributed by atoms with E-state index in [0.717, 1.165) is 10.6 Å². The number of benzene rings is 2. The third-order valence-electron chi connectivity index (χ3n) is 3.68. The van der Waals surface area contributed by atoms with E-state index in [4.69, 9.17) is 9.05 Å². The third kappa shape index (κ3) is 5.25. The molecule has 26 heavy (non-hydrogen) atoms. The van der Waals surface area contributed by atoms with E-state index in [1.54, 1.807) is 20.8 Å². The van der Waals surface area contributed by atoms with Crippen molar-refractivity contribution in [3.05, 3.63) is 60.7 Å². The minimum Gasteiger partial charge on any atom is -0.313 e. The Labute approximate surface area is 155 Å². The second-order valence-corrected chi connectivity index (χ2v) is 10.2. The summed E-state index contributed by atoms with van der Waals surface area (Å²) in [7, 11) is -6.54. The second kappa shape index (κ2) is 9.43. The van der Waals surface area contributed by atoms with Crippen molar-refractivity contribution in [1.29, 1.82) is 0 Å². The first-order chi connectivity index (χ1) is 12.4. The average molecular weight is 393 g/mol. The maximum atomic E-state index is 14.0. The molecule has 5 nitrogen and oxygen atoms in total. The number of hydrogen-bond acceptors (Lipinski definition) is 4. The largest absolute Gasteiger partial charge is 0.453 e. The molecule has 0 unspecified atom stereocenters. The second-order valence-electron chi connectivity index (χ2n) is 5.71.